The van der Waals surface area contributed by atoms with Crippen LogP contribution in [-0.2, 0) is 0 Å². The summed E-state index contributed by atoms with van der Waals surface area (Å²) in [4.78, 5) is 13.9. The van der Waals surface area contributed by atoms with Crippen LogP contribution in [0.1, 0.15) is 17.4 Å². The molecule has 1 aromatic carbocycles. The minimum Gasteiger partial charge on any atom is -0.507 e. The van der Waals surface area contributed by atoms with Gasteiger partial charge in [-0.15, -0.1) is 0 Å². The standard InChI is InChI=1S/C10H9NO2/c1-6(12)9-5-7-8(11-9)3-2-4-10(7)13/h2-5,11,13H,1H3. The predicted octanol–water partition coefficient (Wildman–Crippen LogP) is 2.08. The van der Waals surface area contributed by atoms with Gasteiger partial charge in [-0.2, -0.15) is 0 Å². The van der Waals surface area contributed by atoms with Gasteiger partial charge in [-0.1, -0.05) is 6.07 Å². The Bertz CT molecular complexity index is 471. The van der Waals surface area contributed by atoms with Crippen LogP contribution in [0.25, 0.3) is 10.9 Å². The lowest BCUT2D eigenvalue weighted by molar-refractivity contribution is 0.101. The van der Waals surface area contributed by atoms with E-state index in [-0.39, 0.29) is 11.5 Å². The quantitative estimate of drug-likeness (QED) is 0.652. The first kappa shape index (κ1) is 7.86. The van der Waals surface area contributed by atoms with E-state index in [9.17, 15) is 9.90 Å². The Morgan fingerprint density at radius 3 is 2.85 bits per heavy atom. The van der Waals surface area contributed by atoms with Crippen molar-refractivity contribution in [3.63, 3.8) is 0 Å². The number of hydrogen-bond donors (Lipinski definition) is 2. The number of carbonyl (C=O) groups excluding carboxylic acids is 1. The molecule has 2 aromatic rings. The van der Waals surface area contributed by atoms with Gasteiger partial charge in [0.15, 0.2) is 5.78 Å². The molecule has 1 aromatic heterocycles. The number of carbonyl (C=O) groups is 1. The third-order valence-corrected chi connectivity index (χ3v) is 2.02. The fourth-order valence-corrected chi connectivity index (χ4v) is 1.33. The average molecular weight is 175 g/mol. The molecule has 0 aliphatic carbocycles. The number of rotatable bonds is 1. The Kier molecular flexibility index (Phi) is 1.59. The number of phenols is 1. The SMILES string of the molecule is CC(=O)c1cc2c(O)cccc2[nH]1. The van der Waals surface area contributed by atoms with Crippen LogP contribution in [0, 0.1) is 0 Å². The second kappa shape index (κ2) is 2.62. The van der Waals surface area contributed by atoms with Crippen LogP contribution in [0.5, 0.6) is 5.75 Å². The summed E-state index contributed by atoms with van der Waals surface area (Å²) in [5, 5.41) is 10.1. The van der Waals surface area contributed by atoms with Crippen molar-refractivity contribution < 1.29 is 9.90 Å². The van der Waals surface area contributed by atoms with Crippen molar-refractivity contribution in [2.75, 3.05) is 0 Å². The van der Waals surface area contributed by atoms with Crippen LogP contribution in [0.15, 0.2) is 24.3 Å². The van der Waals surface area contributed by atoms with Crippen molar-refractivity contribution in [2.45, 2.75) is 6.92 Å². The van der Waals surface area contributed by atoms with Crippen LogP contribution in [0.2, 0.25) is 0 Å². The molecule has 0 unspecified atom stereocenters. The van der Waals surface area contributed by atoms with Gasteiger partial charge in [-0.05, 0) is 18.2 Å². The fourth-order valence-electron chi connectivity index (χ4n) is 1.33. The number of ketones is 1. The zero-order valence-corrected chi connectivity index (χ0v) is 7.16. The lowest BCUT2D eigenvalue weighted by Crippen LogP contribution is -1.89. The first-order chi connectivity index (χ1) is 6.18. The van der Waals surface area contributed by atoms with Crippen molar-refractivity contribution in [3.8, 4) is 5.75 Å². The van der Waals surface area contributed by atoms with Gasteiger partial charge in [0, 0.05) is 17.8 Å². The first-order valence-corrected chi connectivity index (χ1v) is 4.00. The maximum Gasteiger partial charge on any atom is 0.175 e. The van der Waals surface area contributed by atoms with Gasteiger partial charge in [0.05, 0.1) is 5.69 Å². The van der Waals surface area contributed by atoms with E-state index in [1.165, 1.54) is 6.92 Å². The number of phenolic OH excluding ortho intramolecular Hbond substituents is 1. The largest absolute Gasteiger partial charge is 0.507 e. The molecule has 0 aliphatic heterocycles. The summed E-state index contributed by atoms with van der Waals surface area (Å²) in [5.41, 5.74) is 1.31. The molecule has 13 heavy (non-hydrogen) atoms. The summed E-state index contributed by atoms with van der Waals surface area (Å²) in [6.07, 6.45) is 0. The van der Waals surface area contributed by atoms with E-state index < -0.39 is 0 Å². The second-order valence-electron chi connectivity index (χ2n) is 2.98. The summed E-state index contributed by atoms with van der Waals surface area (Å²) < 4.78 is 0. The lowest BCUT2D eigenvalue weighted by atomic mass is 10.2. The molecule has 3 nitrogen and oxygen atoms in total. The highest BCUT2D eigenvalue weighted by molar-refractivity contribution is 5.99. The number of aromatic nitrogens is 1. The van der Waals surface area contributed by atoms with Crippen molar-refractivity contribution in [3.05, 3.63) is 30.0 Å². The van der Waals surface area contributed by atoms with Crippen LogP contribution in [-0.4, -0.2) is 15.9 Å². The highest BCUT2D eigenvalue weighted by atomic mass is 16.3. The highest BCUT2D eigenvalue weighted by Gasteiger charge is 2.06. The molecular formula is C10H9NO2. The third kappa shape index (κ3) is 1.18. The summed E-state index contributed by atoms with van der Waals surface area (Å²) in [5.74, 6) is 0.164. The van der Waals surface area contributed by atoms with Gasteiger partial charge < -0.3 is 10.1 Å². The second-order valence-corrected chi connectivity index (χ2v) is 2.98. The first-order valence-electron chi connectivity index (χ1n) is 4.00. The zero-order chi connectivity index (χ0) is 9.42. The molecular weight excluding hydrogens is 166 g/mol. The molecule has 0 saturated carbocycles. The Balaban J connectivity index is 2.75. The number of nitrogens with one attached hydrogen (secondary N) is 1. The molecule has 0 atom stereocenters. The number of benzene rings is 1. The van der Waals surface area contributed by atoms with E-state index in [0.717, 1.165) is 5.52 Å². The van der Waals surface area contributed by atoms with Gasteiger partial charge in [-0.25, -0.2) is 0 Å². The highest BCUT2D eigenvalue weighted by Crippen LogP contribution is 2.24. The minimum atomic E-state index is -0.0319. The van der Waals surface area contributed by atoms with Crippen molar-refractivity contribution in [1.29, 1.82) is 0 Å². The Morgan fingerprint density at radius 1 is 1.46 bits per heavy atom. The smallest absolute Gasteiger partial charge is 0.175 e. The van der Waals surface area contributed by atoms with E-state index >= 15 is 0 Å². The van der Waals surface area contributed by atoms with Crippen LogP contribution < -0.4 is 0 Å². The van der Waals surface area contributed by atoms with Gasteiger partial charge in [0.25, 0.3) is 0 Å². The number of fused-ring (bicyclic) bond motifs is 1. The molecule has 0 amide bonds. The van der Waals surface area contributed by atoms with Gasteiger partial charge in [-0.3, -0.25) is 4.79 Å². The van der Waals surface area contributed by atoms with Crippen molar-refractivity contribution in [1.82, 2.24) is 4.98 Å². The topological polar surface area (TPSA) is 53.1 Å². The van der Waals surface area contributed by atoms with Crippen molar-refractivity contribution >= 4 is 16.7 Å². The summed E-state index contributed by atoms with van der Waals surface area (Å²) in [7, 11) is 0. The summed E-state index contributed by atoms with van der Waals surface area (Å²) >= 11 is 0. The maximum atomic E-state index is 11.0. The average Bonchev–Trinajstić information content (AvgIpc) is 2.49. The number of aromatic hydroxyl groups is 1. The van der Waals surface area contributed by atoms with Gasteiger partial charge >= 0.3 is 0 Å². The summed E-state index contributed by atoms with van der Waals surface area (Å²) in [6, 6.07) is 6.81. The zero-order valence-electron chi connectivity index (χ0n) is 7.16. The Labute approximate surface area is 75.0 Å². The molecule has 66 valence electrons. The Hall–Kier alpha value is -1.77. The molecule has 0 spiro atoms. The maximum absolute atomic E-state index is 11.0. The van der Waals surface area contributed by atoms with E-state index in [4.69, 9.17) is 0 Å². The van der Waals surface area contributed by atoms with E-state index in [1.54, 1.807) is 18.2 Å². The number of aromatic amines is 1. The minimum absolute atomic E-state index is 0.0319. The molecule has 0 bridgehead atoms. The Morgan fingerprint density at radius 2 is 2.23 bits per heavy atom. The number of Topliss-reactive ketones (excluding diaryl/α,β-unsaturated/α-hetero) is 1. The lowest BCUT2D eigenvalue weighted by Gasteiger charge is -1.91. The third-order valence-electron chi connectivity index (χ3n) is 2.02. The van der Waals surface area contributed by atoms with E-state index in [2.05, 4.69) is 4.98 Å². The van der Waals surface area contributed by atoms with Gasteiger partial charge in [0.1, 0.15) is 5.75 Å². The predicted molar refractivity (Wildman–Crippen MR) is 50.0 cm³/mol. The molecule has 0 aliphatic rings. The molecule has 0 radical (unpaired) electrons. The summed E-state index contributed by atoms with van der Waals surface area (Å²) in [6.45, 7) is 1.49. The number of hydrogen-bond acceptors (Lipinski definition) is 2. The van der Waals surface area contributed by atoms with Gasteiger partial charge in [0.2, 0.25) is 0 Å². The normalized spacial score (nSPS) is 10.5. The molecule has 0 saturated heterocycles. The number of H-pyrrole nitrogens is 1. The molecule has 3 heteroatoms. The fraction of sp³-hybridized carbons (Fsp3) is 0.100. The monoisotopic (exact) mass is 175 g/mol. The van der Waals surface area contributed by atoms with E-state index in [1.807, 2.05) is 6.07 Å². The molecule has 2 rings (SSSR count). The molecule has 1 heterocycles. The van der Waals surface area contributed by atoms with Crippen molar-refractivity contribution in [2.24, 2.45) is 0 Å². The van der Waals surface area contributed by atoms with Crippen LogP contribution >= 0.6 is 0 Å². The molecule has 0 fully saturated rings. The van der Waals surface area contributed by atoms with E-state index in [0.29, 0.717) is 11.1 Å². The molecule has 2 N–H and O–H groups in total. The van der Waals surface area contributed by atoms with Crippen LogP contribution in [0.3, 0.4) is 0 Å². The van der Waals surface area contributed by atoms with Crippen LogP contribution in [0.4, 0.5) is 0 Å².